The first-order chi connectivity index (χ1) is 7.64. The quantitative estimate of drug-likeness (QED) is 0.301. The van der Waals surface area contributed by atoms with Crippen molar-refractivity contribution >= 4 is 0 Å². The molecule has 0 heterocycles. The number of methoxy groups -OCH3 is 1. The summed E-state index contributed by atoms with van der Waals surface area (Å²) >= 11 is 0. The number of allylic oxidation sites excluding steroid dienone is 2. The van der Waals surface area contributed by atoms with Gasteiger partial charge >= 0.3 is 0 Å². The van der Waals surface area contributed by atoms with Gasteiger partial charge in [0.05, 0.1) is 6.61 Å². The molecule has 0 radical (unpaired) electrons. The molecule has 0 aliphatic heterocycles. The van der Waals surface area contributed by atoms with Gasteiger partial charge < -0.3 is 19.3 Å². The summed E-state index contributed by atoms with van der Waals surface area (Å²) in [6, 6.07) is 0. The van der Waals surface area contributed by atoms with E-state index in [-0.39, 0.29) is 12.7 Å². The minimum absolute atomic E-state index is 0.0963. The Hall–Kier alpha value is -1.00. The molecular formula is C12H22O4. The lowest BCUT2D eigenvalue weighted by molar-refractivity contribution is -0.111. The largest absolute Gasteiger partial charge is 0.481 e. The molecule has 0 amide bonds. The van der Waals surface area contributed by atoms with E-state index in [0.29, 0.717) is 13.0 Å². The highest BCUT2D eigenvalue weighted by molar-refractivity contribution is 5.03. The second-order valence-electron chi connectivity index (χ2n) is 3.40. The minimum atomic E-state index is -0.635. The molecule has 0 aromatic carbocycles. The van der Waals surface area contributed by atoms with Crippen LogP contribution in [0.25, 0.3) is 0 Å². The van der Waals surface area contributed by atoms with Gasteiger partial charge in [-0.2, -0.15) is 0 Å². The van der Waals surface area contributed by atoms with Crippen LogP contribution in [0.4, 0.5) is 0 Å². The fourth-order valence-corrected chi connectivity index (χ4v) is 1.27. The maximum Gasteiger partial charge on any atom is 0.273 e. The van der Waals surface area contributed by atoms with Crippen LogP contribution in [0, 0.1) is 0 Å². The second-order valence-corrected chi connectivity index (χ2v) is 3.40. The maximum absolute atomic E-state index is 9.43. The lowest BCUT2D eigenvalue weighted by Gasteiger charge is -2.29. The van der Waals surface area contributed by atoms with E-state index in [4.69, 9.17) is 14.2 Å². The molecule has 16 heavy (non-hydrogen) atoms. The lowest BCUT2D eigenvalue weighted by atomic mass is 10.0. The van der Waals surface area contributed by atoms with Gasteiger partial charge in [-0.05, 0) is 32.4 Å². The number of hydrogen-bond acceptors (Lipinski definition) is 4. The molecule has 0 saturated heterocycles. The van der Waals surface area contributed by atoms with Crippen LogP contribution in [0.5, 0.6) is 0 Å². The summed E-state index contributed by atoms with van der Waals surface area (Å²) in [4.78, 5) is 0. The second kappa shape index (κ2) is 8.19. The third-order valence-corrected chi connectivity index (χ3v) is 2.17. The summed E-state index contributed by atoms with van der Waals surface area (Å²) in [7, 11) is 1.56. The summed E-state index contributed by atoms with van der Waals surface area (Å²) in [5.41, 5.74) is -0.635. The minimum Gasteiger partial charge on any atom is -0.481 e. The zero-order valence-electron chi connectivity index (χ0n) is 10.5. The van der Waals surface area contributed by atoms with Crippen LogP contribution in [0.3, 0.4) is 0 Å². The van der Waals surface area contributed by atoms with E-state index in [1.54, 1.807) is 14.0 Å². The summed E-state index contributed by atoms with van der Waals surface area (Å²) in [5.74, 6) is -0.0963. The van der Waals surface area contributed by atoms with Crippen LogP contribution in [0.2, 0.25) is 0 Å². The predicted molar refractivity (Wildman–Crippen MR) is 63.1 cm³/mol. The average molecular weight is 230 g/mol. The molecule has 0 bridgehead atoms. The van der Waals surface area contributed by atoms with E-state index in [1.165, 1.54) is 6.08 Å². The van der Waals surface area contributed by atoms with Crippen molar-refractivity contribution in [2.75, 3.05) is 20.5 Å². The summed E-state index contributed by atoms with van der Waals surface area (Å²) < 4.78 is 15.6. The van der Waals surface area contributed by atoms with E-state index >= 15 is 0 Å². The molecular weight excluding hydrogens is 208 g/mol. The van der Waals surface area contributed by atoms with E-state index in [1.807, 2.05) is 26.0 Å². The SMILES string of the molecule is C/C=C/C(CC)(COCOC)O/C(O)=C/C. The van der Waals surface area contributed by atoms with Crippen molar-refractivity contribution in [3.05, 3.63) is 24.2 Å². The van der Waals surface area contributed by atoms with E-state index in [2.05, 4.69) is 0 Å². The summed E-state index contributed by atoms with van der Waals surface area (Å²) in [6.07, 6.45) is 5.95. The Labute approximate surface area is 97.5 Å². The molecule has 0 spiro atoms. The molecule has 0 rings (SSSR count). The van der Waals surface area contributed by atoms with Gasteiger partial charge in [0.15, 0.2) is 5.60 Å². The Morgan fingerprint density at radius 3 is 2.50 bits per heavy atom. The molecule has 0 aliphatic rings. The topological polar surface area (TPSA) is 47.9 Å². The molecule has 1 atom stereocenters. The number of ether oxygens (including phenoxy) is 3. The van der Waals surface area contributed by atoms with Crippen molar-refractivity contribution in [3.8, 4) is 0 Å². The summed E-state index contributed by atoms with van der Waals surface area (Å²) in [5, 5.41) is 9.43. The monoisotopic (exact) mass is 230 g/mol. The molecule has 0 saturated carbocycles. The van der Waals surface area contributed by atoms with Crippen molar-refractivity contribution in [3.63, 3.8) is 0 Å². The fourth-order valence-electron chi connectivity index (χ4n) is 1.27. The van der Waals surface area contributed by atoms with Crippen LogP contribution in [-0.4, -0.2) is 31.2 Å². The summed E-state index contributed by atoms with van der Waals surface area (Å²) in [6.45, 7) is 6.12. The standard InChI is InChI=1S/C12H22O4/c1-5-8-12(7-3,9-15-10-14-4)16-11(13)6-2/h5-6,8,13H,7,9-10H2,1-4H3/b8-5+,11-6+. The molecule has 4 heteroatoms. The third-order valence-electron chi connectivity index (χ3n) is 2.17. The zero-order chi connectivity index (χ0) is 12.4. The Kier molecular flexibility index (Phi) is 7.68. The van der Waals surface area contributed by atoms with Gasteiger partial charge in [0.25, 0.3) is 5.95 Å². The number of aliphatic hydroxyl groups is 1. The van der Waals surface area contributed by atoms with Crippen molar-refractivity contribution in [1.29, 1.82) is 0 Å². The molecule has 1 unspecified atom stereocenters. The van der Waals surface area contributed by atoms with E-state index in [9.17, 15) is 5.11 Å². The van der Waals surface area contributed by atoms with Crippen LogP contribution in [0.15, 0.2) is 24.2 Å². The van der Waals surface area contributed by atoms with Gasteiger partial charge in [0, 0.05) is 7.11 Å². The van der Waals surface area contributed by atoms with Crippen LogP contribution < -0.4 is 0 Å². The first-order valence-corrected chi connectivity index (χ1v) is 5.39. The first kappa shape index (κ1) is 15.0. The van der Waals surface area contributed by atoms with E-state index in [0.717, 1.165) is 0 Å². The molecule has 0 aliphatic carbocycles. The van der Waals surface area contributed by atoms with Crippen LogP contribution in [-0.2, 0) is 14.2 Å². The molecule has 0 aromatic heterocycles. The van der Waals surface area contributed by atoms with Gasteiger partial charge in [-0.1, -0.05) is 13.0 Å². The molecule has 94 valence electrons. The Balaban J connectivity index is 4.57. The highest BCUT2D eigenvalue weighted by Crippen LogP contribution is 2.21. The fraction of sp³-hybridized carbons (Fsp3) is 0.667. The zero-order valence-corrected chi connectivity index (χ0v) is 10.5. The van der Waals surface area contributed by atoms with Gasteiger partial charge in [0.1, 0.15) is 6.79 Å². The number of rotatable bonds is 8. The Morgan fingerprint density at radius 2 is 2.06 bits per heavy atom. The average Bonchev–Trinajstić information content (AvgIpc) is 2.29. The first-order valence-electron chi connectivity index (χ1n) is 5.39. The van der Waals surface area contributed by atoms with Gasteiger partial charge in [-0.25, -0.2) is 0 Å². The third kappa shape index (κ3) is 5.19. The van der Waals surface area contributed by atoms with Gasteiger partial charge in [0.2, 0.25) is 0 Å². The molecule has 0 fully saturated rings. The number of hydrogen-bond donors (Lipinski definition) is 1. The van der Waals surface area contributed by atoms with Crippen LogP contribution in [0.1, 0.15) is 27.2 Å². The van der Waals surface area contributed by atoms with Crippen LogP contribution >= 0.6 is 0 Å². The molecule has 4 nitrogen and oxygen atoms in total. The lowest BCUT2D eigenvalue weighted by Crippen LogP contribution is -2.35. The van der Waals surface area contributed by atoms with E-state index < -0.39 is 5.60 Å². The van der Waals surface area contributed by atoms with Gasteiger partial charge in [-0.15, -0.1) is 0 Å². The van der Waals surface area contributed by atoms with Crippen molar-refractivity contribution in [2.45, 2.75) is 32.8 Å². The number of aliphatic hydroxyl groups excluding tert-OH is 1. The molecule has 0 aromatic rings. The smallest absolute Gasteiger partial charge is 0.273 e. The highest BCUT2D eigenvalue weighted by Gasteiger charge is 2.28. The predicted octanol–water partition coefficient (Wildman–Crippen LogP) is 2.77. The highest BCUT2D eigenvalue weighted by atomic mass is 16.7. The Bertz CT molecular complexity index is 235. The van der Waals surface area contributed by atoms with Crippen molar-refractivity contribution in [1.82, 2.24) is 0 Å². The van der Waals surface area contributed by atoms with Gasteiger partial charge in [-0.3, -0.25) is 0 Å². The Morgan fingerprint density at radius 1 is 1.38 bits per heavy atom. The van der Waals surface area contributed by atoms with Crippen molar-refractivity contribution in [2.24, 2.45) is 0 Å². The maximum atomic E-state index is 9.43. The van der Waals surface area contributed by atoms with Crippen molar-refractivity contribution < 1.29 is 19.3 Å². The molecule has 1 N–H and O–H groups in total. The normalized spacial score (nSPS) is 16.4.